The third-order valence-electron chi connectivity index (χ3n) is 2.58. The summed E-state index contributed by atoms with van der Waals surface area (Å²) in [5, 5.41) is 0. The molecule has 1 saturated heterocycles. The molecule has 0 bridgehead atoms. The summed E-state index contributed by atoms with van der Waals surface area (Å²) in [6.45, 7) is 5.17. The van der Waals surface area contributed by atoms with Crippen LogP contribution in [0.25, 0.3) is 0 Å². The van der Waals surface area contributed by atoms with Gasteiger partial charge in [0.2, 0.25) is 0 Å². The van der Waals surface area contributed by atoms with Crippen LogP contribution in [0.4, 0.5) is 0 Å². The molecule has 0 radical (unpaired) electrons. The molecule has 0 aromatic rings. The van der Waals surface area contributed by atoms with E-state index in [1.807, 2.05) is 0 Å². The van der Waals surface area contributed by atoms with Gasteiger partial charge in [0.25, 0.3) is 0 Å². The van der Waals surface area contributed by atoms with E-state index in [1.54, 1.807) is 0 Å². The zero-order chi connectivity index (χ0) is 9.68. The molecule has 0 N–H and O–H groups in total. The lowest BCUT2D eigenvalue weighted by molar-refractivity contribution is -0.137. The predicted octanol–water partition coefficient (Wildman–Crippen LogP) is 2.77. The zero-order valence-electron chi connectivity index (χ0n) is 8.71. The second-order valence-electron chi connectivity index (χ2n) is 4.43. The molecule has 0 spiro atoms. The summed E-state index contributed by atoms with van der Waals surface area (Å²) < 4.78 is 4.90. The Morgan fingerprint density at radius 2 is 2.23 bits per heavy atom. The number of unbranched alkanes of at least 4 members (excludes halogenated alkanes) is 1. The maximum absolute atomic E-state index is 10.8. The SMILES string of the molecule is CC(C)CCCCC1COC(=O)C1. The summed E-state index contributed by atoms with van der Waals surface area (Å²) in [7, 11) is 0. The molecule has 13 heavy (non-hydrogen) atoms. The fourth-order valence-electron chi connectivity index (χ4n) is 1.74. The van der Waals surface area contributed by atoms with Gasteiger partial charge < -0.3 is 4.74 Å². The molecule has 76 valence electrons. The van der Waals surface area contributed by atoms with Crippen LogP contribution in [-0.4, -0.2) is 12.6 Å². The molecule has 1 aliphatic heterocycles. The van der Waals surface area contributed by atoms with Gasteiger partial charge in [0.05, 0.1) is 13.0 Å². The highest BCUT2D eigenvalue weighted by Gasteiger charge is 2.22. The Balaban J connectivity index is 1.97. The van der Waals surface area contributed by atoms with Crippen LogP contribution in [0, 0.1) is 11.8 Å². The van der Waals surface area contributed by atoms with E-state index in [0.717, 1.165) is 5.92 Å². The Labute approximate surface area is 80.7 Å². The van der Waals surface area contributed by atoms with Gasteiger partial charge in [-0.15, -0.1) is 0 Å². The van der Waals surface area contributed by atoms with Crippen molar-refractivity contribution in [3.8, 4) is 0 Å². The van der Waals surface area contributed by atoms with E-state index in [9.17, 15) is 4.79 Å². The van der Waals surface area contributed by atoms with Gasteiger partial charge in [-0.05, 0) is 12.3 Å². The van der Waals surface area contributed by atoms with Gasteiger partial charge in [-0.25, -0.2) is 0 Å². The minimum atomic E-state index is -0.00569. The highest BCUT2D eigenvalue weighted by atomic mass is 16.5. The van der Waals surface area contributed by atoms with Crippen molar-refractivity contribution in [3.05, 3.63) is 0 Å². The monoisotopic (exact) mass is 184 g/mol. The first-order valence-corrected chi connectivity index (χ1v) is 5.34. The van der Waals surface area contributed by atoms with Crippen molar-refractivity contribution >= 4 is 5.97 Å². The van der Waals surface area contributed by atoms with E-state index in [2.05, 4.69) is 13.8 Å². The van der Waals surface area contributed by atoms with Gasteiger partial charge >= 0.3 is 5.97 Å². The van der Waals surface area contributed by atoms with Gasteiger partial charge in [0.15, 0.2) is 0 Å². The number of ether oxygens (including phenoxy) is 1. The zero-order valence-corrected chi connectivity index (χ0v) is 8.71. The average molecular weight is 184 g/mol. The summed E-state index contributed by atoms with van der Waals surface area (Å²) >= 11 is 0. The average Bonchev–Trinajstić information content (AvgIpc) is 2.45. The van der Waals surface area contributed by atoms with Crippen LogP contribution in [0.2, 0.25) is 0 Å². The molecule has 1 fully saturated rings. The smallest absolute Gasteiger partial charge is 0.306 e. The Morgan fingerprint density at radius 1 is 1.46 bits per heavy atom. The van der Waals surface area contributed by atoms with Crippen molar-refractivity contribution in [2.24, 2.45) is 11.8 Å². The molecule has 1 aliphatic rings. The summed E-state index contributed by atoms with van der Waals surface area (Å²) in [4.78, 5) is 10.8. The number of hydrogen-bond donors (Lipinski definition) is 0. The molecule has 0 saturated carbocycles. The van der Waals surface area contributed by atoms with Crippen molar-refractivity contribution in [3.63, 3.8) is 0 Å². The molecule has 1 atom stereocenters. The Bertz CT molecular complexity index is 163. The van der Waals surface area contributed by atoms with Crippen LogP contribution in [0.15, 0.2) is 0 Å². The number of hydrogen-bond acceptors (Lipinski definition) is 2. The molecule has 1 rings (SSSR count). The second-order valence-corrected chi connectivity index (χ2v) is 4.43. The van der Waals surface area contributed by atoms with Crippen molar-refractivity contribution in [1.82, 2.24) is 0 Å². The van der Waals surface area contributed by atoms with Crippen molar-refractivity contribution in [2.75, 3.05) is 6.61 Å². The fraction of sp³-hybridized carbons (Fsp3) is 0.909. The third kappa shape index (κ3) is 4.30. The minimum absolute atomic E-state index is 0.00569. The Hall–Kier alpha value is -0.530. The normalized spacial score (nSPS) is 22.4. The van der Waals surface area contributed by atoms with Crippen molar-refractivity contribution in [2.45, 2.75) is 46.0 Å². The quantitative estimate of drug-likeness (QED) is 0.485. The van der Waals surface area contributed by atoms with Crippen LogP contribution < -0.4 is 0 Å². The van der Waals surface area contributed by atoms with Gasteiger partial charge in [0.1, 0.15) is 0 Å². The Kier molecular flexibility index (Phi) is 4.26. The maximum atomic E-state index is 10.8. The van der Waals surface area contributed by atoms with Crippen molar-refractivity contribution < 1.29 is 9.53 Å². The lowest BCUT2D eigenvalue weighted by atomic mass is 9.98. The molecule has 0 aliphatic carbocycles. The van der Waals surface area contributed by atoms with Gasteiger partial charge in [-0.1, -0.05) is 33.1 Å². The van der Waals surface area contributed by atoms with Gasteiger partial charge in [0, 0.05) is 5.92 Å². The van der Waals surface area contributed by atoms with E-state index < -0.39 is 0 Å². The second kappa shape index (κ2) is 5.25. The van der Waals surface area contributed by atoms with Gasteiger partial charge in [-0.2, -0.15) is 0 Å². The summed E-state index contributed by atoms with van der Waals surface area (Å²) in [5.41, 5.74) is 0. The van der Waals surface area contributed by atoms with Crippen LogP contribution in [0.5, 0.6) is 0 Å². The summed E-state index contributed by atoms with van der Waals surface area (Å²) in [5.74, 6) is 1.31. The fourth-order valence-corrected chi connectivity index (χ4v) is 1.74. The molecule has 2 nitrogen and oxygen atoms in total. The number of esters is 1. The van der Waals surface area contributed by atoms with Crippen LogP contribution in [0.1, 0.15) is 46.0 Å². The molecular weight excluding hydrogens is 164 g/mol. The molecule has 1 unspecified atom stereocenters. The standard InChI is InChI=1S/C11H20O2/c1-9(2)5-3-4-6-10-7-11(12)13-8-10/h9-10H,3-8H2,1-2H3. The summed E-state index contributed by atoms with van der Waals surface area (Å²) in [6.07, 6.45) is 5.67. The number of cyclic esters (lactones) is 1. The highest BCUT2D eigenvalue weighted by Crippen LogP contribution is 2.21. The van der Waals surface area contributed by atoms with Crippen LogP contribution in [-0.2, 0) is 9.53 Å². The number of rotatable bonds is 5. The molecule has 2 heteroatoms. The number of carbonyl (C=O) groups excluding carboxylic acids is 1. The first kappa shape index (κ1) is 10.6. The van der Waals surface area contributed by atoms with E-state index in [0.29, 0.717) is 18.9 Å². The largest absolute Gasteiger partial charge is 0.465 e. The van der Waals surface area contributed by atoms with Crippen LogP contribution >= 0.6 is 0 Å². The lowest BCUT2D eigenvalue weighted by Gasteiger charge is -2.06. The van der Waals surface area contributed by atoms with Crippen molar-refractivity contribution in [1.29, 1.82) is 0 Å². The van der Waals surface area contributed by atoms with Gasteiger partial charge in [-0.3, -0.25) is 4.79 Å². The molecule has 0 aromatic heterocycles. The van der Waals surface area contributed by atoms with E-state index >= 15 is 0 Å². The topological polar surface area (TPSA) is 26.3 Å². The van der Waals surface area contributed by atoms with E-state index in [1.165, 1.54) is 25.7 Å². The lowest BCUT2D eigenvalue weighted by Crippen LogP contribution is -1.99. The van der Waals surface area contributed by atoms with E-state index in [4.69, 9.17) is 4.74 Å². The number of carbonyl (C=O) groups is 1. The highest BCUT2D eigenvalue weighted by molar-refractivity contribution is 5.71. The van der Waals surface area contributed by atoms with Crippen LogP contribution in [0.3, 0.4) is 0 Å². The van der Waals surface area contributed by atoms with E-state index in [-0.39, 0.29) is 5.97 Å². The maximum Gasteiger partial charge on any atom is 0.306 e. The Morgan fingerprint density at radius 3 is 2.77 bits per heavy atom. The first-order valence-electron chi connectivity index (χ1n) is 5.34. The third-order valence-corrected chi connectivity index (χ3v) is 2.58. The minimum Gasteiger partial charge on any atom is -0.465 e. The molecular formula is C11H20O2. The first-order chi connectivity index (χ1) is 6.18. The molecule has 0 aromatic carbocycles. The molecule has 0 amide bonds. The summed E-state index contributed by atoms with van der Waals surface area (Å²) in [6, 6.07) is 0. The molecule has 1 heterocycles. The predicted molar refractivity (Wildman–Crippen MR) is 52.4 cm³/mol.